The number of anilines is 2. The highest BCUT2D eigenvalue weighted by Gasteiger charge is 2.10. The first-order valence-electron chi connectivity index (χ1n) is 6.61. The van der Waals surface area contributed by atoms with Crippen molar-refractivity contribution in [3.05, 3.63) is 11.4 Å². The van der Waals surface area contributed by atoms with Crippen molar-refractivity contribution in [1.82, 2.24) is 9.97 Å². The van der Waals surface area contributed by atoms with Crippen molar-refractivity contribution in [2.45, 2.75) is 46.6 Å². The standard InChI is InChI=1S/C13H24N4O/c1-5-7-11-16-12(14-6-2)10(4)13(17-11)15-8-9(3)18/h9,18H,5-8H2,1-4H3,(H2,14,15,16,17). The third-order valence-corrected chi connectivity index (χ3v) is 2.57. The maximum Gasteiger partial charge on any atom is 0.134 e. The molecule has 3 N–H and O–H groups in total. The molecule has 0 aliphatic carbocycles. The molecule has 0 amide bonds. The van der Waals surface area contributed by atoms with Crippen LogP contribution in [0.1, 0.15) is 38.6 Å². The molecule has 102 valence electrons. The molecule has 1 heterocycles. The second-order valence-electron chi connectivity index (χ2n) is 4.47. The van der Waals surface area contributed by atoms with Gasteiger partial charge in [-0.25, -0.2) is 9.97 Å². The van der Waals surface area contributed by atoms with Gasteiger partial charge in [0.1, 0.15) is 17.5 Å². The van der Waals surface area contributed by atoms with Gasteiger partial charge < -0.3 is 15.7 Å². The van der Waals surface area contributed by atoms with Crippen molar-refractivity contribution in [1.29, 1.82) is 0 Å². The molecule has 1 atom stereocenters. The summed E-state index contributed by atoms with van der Waals surface area (Å²) in [6.45, 7) is 9.22. The van der Waals surface area contributed by atoms with Gasteiger partial charge in [-0.1, -0.05) is 6.92 Å². The number of rotatable bonds is 7. The Morgan fingerprint density at radius 3 is 2.28 bits per heavy atom. The number of hydrogen-bond donors (Lipinski definition) is 3. The highest BCUT2D eigenvalue weighted by molar-refractivity contribution is 5.57. The van der Waals surface area contributed by atoms with E-state index in [4.69, 9.17) is 0 Å². The molecule has 5 heteroatoms. The number of aliphatic hydroxyl groups is 1. The average Bonchev–Trinajstić information content (AvgIpc) is 2.32. The van der Waals surface area contributed by atoms with Crippen LogP contribution in [0, 0.1) is 6.92 Å². The van der Waals surface area contributed by atoms with Crippen LogP contribution in [0.15, 0.2) is 0 Å². The summed E-state index contributed by atoms with van der Waals surface area (Å²) in [4.78, 5) is 9.02. The summed E-state index contributed by atoms with van der Waals surface area (Å²) >= 11 is 0. The van der Waals surface area contributed by atoms with E-state index in [2.05, 4.69) is 27.5 Å². The maximum absolute atomic E-state index is 9.33. The zero-order valence-corrected chi connectivity index (χ0v) is 11.7. The first kappa shape index (κ1) is 14.7. The van der Waals surface area contributed by atoms with Crippen LogP contribution in [-0.2, 0) is 6.42 Å². The summed E-state index contributed by atoms with van der Waals surface area (Å²) in [6, 6.07) is 0. The molecule has 0 aliphatic heterocycles. The normalized spacial score (nSPS) is 12.3. The van der Waals surface area contributed by atoms with Gasteiger partial charge >= 0.3 is 0 Å². The fourth-order valence-electron chi connectivity index (χ4n) is 1.65. The lowest BCUT2D eigenvalue weighted by Crippen LogP contribution is -2.18. The Hall–Kier alpha value is -1.36. The quantitative estimate of drug-likeness (QED) is 0.692. The number of aryl methyl sites for hydroxylation is 1. The maximum atomic E-state index is 9.33. The summed E-state index contributed by atoms with van der Waals surface area (Å²) in [5.74, 6) is 2.53. The number of aromatic nitrogens is 2. The van der Waals surface area contributed by atoms with Gasteiger partial charge in [0.2, 0.25) is 0 Å². The fourth-order valence-corrected chi connectivity index (χ4v) is 1.65. The van der Waals surface area contributed by atoms with E-state index in [1.807, 2.05) is 13.8 Å². The van der Waals surface area contributed by atoms with Crippen LogP contribution in [0.5, 0.6) is 0 Å². The van der Waals surface area contributed by atoms with Crippen molar-refractivity contribution in [3.63, 3.8) is 0 Å². The predicted molar refractivity (Wildman–Crippen MR) is 75.1 cm³/mol. The van der Waals surface area contributed by atoms with Gasteiger partial charge in [0.25, 0.3) is 0 Å². The Labute approximate surface area is 109 Å². The van der Waals surface area contributed by atoms with Gasteiger partial charge in [-0.05, 0) is 27.2 Å². The second-order valence-corrected chi connectivity index (χ2v) is 4.47. The Morgan fingerprint density at radius 2 is 1.78 bits per heavy atom. The minimum absolute atomic E-state index is 0.392. The van der Waals surface area contributed by atoms with Crippen molar-refractivity contribution < 1.29 is 5.11 Å². The Morgan fingerprint density at radius 1 is 1.17 bits per heavy atom. The summed E-state index contributed by atoms with van der Waals surface area (Å²) in [5.41, 5.74) is 0.998. The molecule has 1 unspecified atom stereocenters. The highest BCUT2D eigenvalue weighted by Crippen LogP contribution is 2.20. The van der Waals surface area contributed by atoms with E-state index in [9.17, 15) is 5.11 Å². The van der Waals surface area contributed by atoms with Crippen LogP contribution in [0.4, 0.5) is 11.6 Å². The van der Waals surface area contributed by atoms with E-state index in [0.29, 0.717) is 6.54 Å². The Kier molecular flexibility index (Phi) is 5.85. The van der Waals surface area contributed by atoms with Crippen molar-refractivity contribution in [2.75, 3.05) is 23.7 Å². The molecule has 0 aliphatic rings. The van der Waals surface area contributed by atoms with Gasteiger partial charge in [-0.3, -0.25) is 0 Å². The molecule has 18 heavy (non-hydrogen) atoms. The van der Waals surface area contributed by atoms with E-state index in [1.54, 1.807) is 6.92 Å². The van der Waals surface area contributed by atoms with Crippen molar-refractivity contribution in [2.24, 2.45) is 0 Å². The fraction of sp³-hybridized carbons (Fsp3) is 0.692. The summed E-state index contributed by atoms with van der Waals surface area (Å²) in [7, 11) is 0. The third kappa shape index (κ3) is 4.14. The van der Waals surface area contributed by atoms with E-state index in [0.717, 1.165) is 42.4 Å². The molecule has 5 nitrogen and oxygen atoms in total. The van der Waals surface area contributed by atoms with Gasteiger partial charge in [0, 0.05) is 25.1 Å². The van der Waals surface area contributed by atoms with E-state index < -0.39 is 6.10 Å². The van der Waals surface area contributed by atoms with Crippen LogP contribution in [0.25, 0.3) is 0 Å². The predicted octanol–water partition coefficient (Wildman–Crippen LogP) is 1.96. The van der Waals surface area contributed by atoms with Crippen LogP contribution in [0.2, 0.25) is 0 Å². The molecule has 0 fully saturated rings. The lowest BCUT2D eigenvalue weighted by atomic mass is 10.2. The monoisotopic (exact) mass is 252 g/mol. The largest absolute Gasteiger partial charge is 0.392 e. The zero-order valence-electron chi connectivity index (χ0n) is 11.7. The molecule has 0 radical (unpaired) electrons. The van der Waals surface area contributed by atoms with Crippen LogP contribution in [-0.4, -0.2) is 34.3 Å². The third-order valence-electron chi connectivity index (χ3n) is 2.57. The molecular formula is C13H24N4O. The number of aliphatic hydroxyl groups excluding tert-OH is 1. The van der Waals surface area contributed by atoms with Crippen molar-refractivity contribution >= 4 is 11.6 Å². The van der Waals surface area contributed by atoms with Gasteiger partial charge in [-0.15, -0.1) is 0 Å². The molecule has 0 spiro atoms. The van der Waals surface area contributed by atoms with Crippen molar-refractivity contribution in [3.8, 4) is 0 Å². The number of nitrogens with zero attached hydrogens (tertiary/aromatic N) is 2. The van der Waals surface area contributed by atoms with E-state index >= 15 is 0 Å². The summed E-state index contributed by atoms with van der Waals surface area (Å²) in [5, 5.41) is 15.7. The van der Waals surface area contributed by atoms with E-state index in [1.165, 1.54) is 0 Å². The Bertz CT molecular complexity index is 379. The number of nitrogens with one attached hydrogen (secondary N) is 2. The van der Waals surface area contributed by atoms with Gasteiger partial charge in [0.15, 0.2) is 0 Å². The summed E-state index contributed by atoms with van der Waals surface area (Å²) in [6.07, 6.45) is 1.49. The topological polar surface area (TPSA) is 70.1 Å². The molecule has 1 rings (SSSR count). The lowest BCUT2D eigenvalue weighted by molar-refractivity contribution is 0.208. The molecule has 1 aromatic heterocycles. The molecule has 0 bridgehead atoms. The van der Waals surface area contributed by atoms with Gasteiger partial charge in [-0.2, -0.15) is 0 Å². The van der Waals surface area contributed by atoms with Crippen LogP contribution >= 0.6 is 0 Å². The first-order chi connectivity index (χ1) is 8.58. The average molecular weight is 252 g/mol. The van der Waals surface area contributed by atoms with Crippen LogP contribution in [0.3, 0.4) is 0 Å². The Balaban J connectivity index is 2.97. The number of hydrogen-bond acceptors (Lipinski definition) is 5. The molecular weight excluding hydrogens is 228 g/mol. The smallest absolute Gasteiger partial charge is 0.134 e. The lowest BCUT2D eigenvalue weighted by Gasteiger charge is -2.15. The highest BCUT2D eigenvalue weighted by atomic mass is 16.3. The second kappa shape index (κ2) is 7.16. The SMILES string of the molecule is CCCc1nc(NCC)c(C)c(NCC(C)O)n1. The molecule has 0 saturated carbocycles. The minimum Gasteiger partial charge on any atom is -0.392 e. The van der Waals surface area contributed by atoms with Crippen LogP contribution < -0.4 is 10.6 Å². The first-order valence-corrected chi connectivity index (χ1v) is 6.61. The molecule has 0 aromatic carbocycles. The summed E-state index contributed by atoms with van der Waals surface area (Å²) < 4.78 is 0. The molecule has 0 saturated heterocycles. The molecule has 1 aromatic rings. The van der Waals surface area contributed by atoms with E-state index in [-0.39, 0.29) is 0 Å². The minimum atomic E-state index is -0.392. The zero-order chi connectivity index (χ0) is 13.5. The van der Waals surface area contributed by atoms with Gasteiger partial charge in [0.05, 0.1) is 6.10 Å².